The Morgan fingerprint density at radius 3 is 2.59 bits per heavy atom. The van der Waals surface area contributed by atoms with Crippen LogP contribution in [0.15, 0.2) is 0 Å². The lowest BCUT2D eigenvalue weighted by Gasteiger charge is -2.20. The highest BCUT2D eigenvalue weighted by atomic mass is 79.9. The van der Waals surface area contributed by atoms with Crippen molar-refractivity contribution in [3.05, 3.63) is 0 Å². The van der Waals surface area contributed by atoms with Crippen molar-refractivity contribution in [2.24, 2.45) is 17.8 Å². The van der Waals surface area contributed by atoms with E-state index >= 15 is 0 Å². The predicted molar refractivity (Wildman–Crippen MR) is 74.3 cm³/mol. The maximum atomic E-state index is 11.4. The SMILES string of the molecule is CC(C)COCCC(CBr)C1CCS(=O)(=O)C1. The number of alkyl halides is 1. The molecule has 1 heterocycles. The number of halogens is 1. The summed E-state index contributed by atoms with van der Waals surface area (Å²) in [5.41, 5.74) is 0. The summed E-state index contributed by atoms with van der Waals surface area (Å²) < 4.78 is 28.4. The van der Waals surface area contributed by atoms with Gasteiger partial charge in [-0.2, -0.15) is 0 Å². The minimum atomic E-state index is -2.76. The normalized spacial score (nSPS) is 25.3. The third-order valence-corrected chi connectivity index (χ3v) is 5.84. The first-order chi connectivity index (χ1) is 7.94. The molecule has 0 N–H and O–H groups in total. The molecule has 2 unspecified atom stereocenters. The van der Waals surface area contributed by atoms with Crippen molar-refractivity contribution in [2.45, 2.75) is 26.7 Å². The fraction of sp³-hybridized carbons (Fsp3) is 1.00. The molecule has 0 spiro atoms. The van der Waals surface area contributed by atoms with E-state index in [-0.39, 0.29) is 0 Å². The van der Waals surface area contributed by atoms with E-state index in [1.165, 1.54) is 0 Å². The second-order valence-corrected chi connectivity index (χ2v) is 8.21. The molecule has 0 aliphatic carbocycles. The molecule has 0 aromatic heterocycles. The van der Waals surface area contributed by atoms with Gasteiger partial charge in [0.1, 0.15) is 0 Å². The Hall–Kier alpha value is 0.390. The fourth-order valence-electron chi connectivity index (χ4n) is 2.19. The Kier molecular flexibility index (Phi) is 6.45. The molecule has 1 saturated heterocycles. The van der Waals surface area contributed by atoms with E-state index in [9.17, 15) is 8.42 Å². The Bertz CT molecular complexity index is 314. The average Bonchev–Trinajstić information content (AvgIpc) is 2.58. The van der Waals surface area contributed by atoms with Crippen molar-refractivity contribution in [1.82, 2.24) is 0 Å². The molecule has 0 aromatic rings. The lowest BCUT2D eigenvalue weighted by molar-refractivity contribution is 0.0947. The summed E-state index contributed by atoms with van der Waals surface area (Å²) in [5.74, 6) is 2.05. The molecule has 17 heavy (non-hydrogen) atoms. The van der Waals surface area contributed by atoms with Crippen LogP contribution in [0.2, 0.25) is 0 Å². The van der Waals surface area contributed by atoms with Crippen LogP contribution in [0.25, 0.3) is 0 Å². The Labute approximate surface area is 113 Å². The van der Waals surface area contributed by atoms with Crippen molar-refractivity contribution in [2.75, 3.05) is 30.0 Å². The van der Waals surface area contributed by atoms with Crippen LogP contribution in [0.1, 0.15) is 26.7 Å². The molecular formula is C12H23BrO3S. The first-order valence-electron chi connectivity index (χ1n) is 6.28. The highest BCUT2D eigenvalue weighted by Gasteiger charge is 2.32. The second-order valence-electron chi connectivity index (χ2n) is 5.33. The quantitative estimate of drug-likeness (QED) is 0.533. The van der Waals surface area contributed by atoms with Crippen LogP contribution in [0, 0.1) is 17.8 Å². The van der Waals surface area contributed by atoms with Crippen molar-refractivity contribution in [3.63, 3.8) is 0 Å². The van der Waals surface area contributed by atoms with E-state index < -0.39 is 9.84 Å². The molecule has 3 nitrogen and oxygen atoms in total. The summed E-state index contributed by atoms with van der Waals surface area (Å²) in [6.07, 6.45) is 1.78. The summed E-state index contributed by atoms with van der Waals surface area (Å²) in [4.78, 5) is 0. The summed E-state index contributed by atoms with van der Waals surface area (Å²) >= 11 is 3.49. The van der Waals surface area contributed by atoms with Gasteiger partial charge in [0.25, 0.3) is 0 Å². The summed E-state index contributed by atoms with van der Waals surface area (Å²) in [5, 5.41) is 0.873. The van der Waals surface area contributed by atoms with Crippen LogP contribution in [0.5, 0.6) is 0 Å². The van der Waals surface area contributed by atoms with Gasteiger partial charge in [0.2, 0.25) is 0 Å². The van der Waals surface area contributed by atoms with Crippen molar-refractivity contribution in [1.29, 1.82) is 0 Å². The third-order valence-electron chi connectivity index (χ3n) is 3.22. The van der Waals surface area contributed by atoms with Gasteiger partial charge in [-0.15, -0.1) is 0 Å². The highest BCUT2D eigenvalue weighted by Crippen LogP contribution is 2.29. The van der Waals surface area contributed by atoms with Gasteiger partial charge >= 0.3 is 0 Å². The van der Waals surface area contributed by atoms with Crippen LogP contribution < -0.4 is 0 Å². The number of rotatable bonds is 7. The predicted octanol–water partition coefficient (Wildman–Crippen LogP) is 2.49. The average molecular weight is 327 g/mol. The third kappa shape index (κ3) is 5.71. The maximum Gasteiger partial charge on any atom is 0.150 e. The molecule has 1 fully saturated rings. The number of sulfone groups is 1. The Morgan fingerprint density at radius 2 is 2.12 bits per heavy atom. The van der Waals surface area contributed by atoms with Gasteiger partial charge in [0, 0.05) is 18.5 Å². The van der Waals surface area contributed by atoms with E-state index in [0.29, 0.717) is 29.3 Å². The van der Waals surface area contributed by atoms with Gasteiger partial charge in [-0.05, 0) is 30.6 Å². The van der Waals surface area contributed by atoms with Gasteiger partial charge in [-0.3, -0.25) is 0 Å². The molecule has 102 valence electrons. The molecule has 0 amide bonds. The summed E-state index contributed by atoms with van der Waals surface area (Å²) in [7, 11) is -2.76. The van der Waals surface area contributed by atoms with Gasteiger partial charge in [0.05, 0.1) is 11.5 Å². The van der Waals surface area contributed by atoms with E-state index in [2.05, 4.69) is 29.8 Å². The second kappa shape index (κ2) is 7.10. The fourth-order valence-corrected chi connectivity index (χ4v) is 4.96. The number of ether oxygens (including phenoxy) is 1. The minimum absolute atomic E-state index is 0.321. The molecule has 0 radical (unpaired) electrons. The Morgan fingerprint density at radius 1 is 1.41 bits per heavy atom. The van der Waals surface area contributed by atoms with Crippen LogP contribution >= 0.6 is 15.9 Å². The smallest absolute Gasteiger partial charge is 0.150 e. The van der Waals surface area contributed by atoms with E-state index in [0.717, 1.165) is 31.4 Å². The molecule has 1 aliphatic heterocycles. The Balaban J connectivity index is 2.29. The van der Waals surface area contributed by atoms with Crippen molar-refractivity contribution < 1.29 is 13.2 Å². The summed E-state index contributed by atoms with van der Waals surface area (Å²) in [6.45, 7) is 5.79. The zero-order valence-corrected chi connectivity index (χ0v) is 13.1. The highest BCUT2D eigenvalue weighted by molar-refractivity contribution is 9.09. The van der Waals surface area contributed by atoms with Crippen LogP contribution in [-0.4, -0.2) is 38.5 Å². The first-order valence-corrected chi connectivity index (χ1v) is 9.23. The van der Waals surface area contributed by atoms with Crippen LogP contribution in [0.4, 0.5) is 0 Å². The van der Waals surface area contributed by atoms with Gasteiger partial charge in [-0.25, -0.2) is 8.42 Å². The lowest BCUT2D eigenvalue weighted by atomic mass is 9.91. The molecule has 1 aliphatic rings. The van der Waals surface area contributed by atoms with Crippen LogP contribution in [-0.2, 0) is 14.6 Å². The van der Waals surface area contributed by atoms with Gasteiger partial charge < -0.3 is 4.74 Å². The topological polar surface area (TPSA) is 43.4 Å². The molecule has 0 bridgehead atoms. The van der Waals surface area contributed by atoms with Gasteiger partial charge in [0.15, 0.2) is 9.84 Å². The van der Waals surface area contributed by atoms with E-state index in [1.807, 2.05) is 0 Å². The maximum absolute atomic E-state index is 11.4. The molecular weight excluding hydrogens is 304 g/mol. The van der Waals surface area contributed by atoms with Crippen LogP contribution in [0.3, 0.4) is 0 Å². The van der Waals surface area contributed by atoms with Crippen molar-refractivity contribution in [3.8, 4) is 0 Å². The van der Waals surface area contributed by atoms with E-state index in [4.69, 9.17) is 4.74 Å². The zero-order chi connectivity index (χ0) is 12.9. The first kappa shape index (κ1) is 15.4. The number of hydrogen-bond donors (Lipinski definition) is 0. The molecule has 0 aromatic carbocycles. The van der Waals surface area contributed by atoms with Crippen molar-refractivity contribution >= 4 is 25.8 Å². The molecule has 0 saturated carbocycles. The standard InChI is InChI=1S/C12H23BrO3S/c1-10(2)8-16-5-3-11(7-13)12-4-6-17(14,15)9-12/h10-12H,3-9H2,1-2H3. The molecule has 2 atom stereocenters. The summed E-state index contributed by atoms with van der Waals surface area (Å²) in [6, 6.07) is 0. The minimum Gasteiger partial charge on any atom is -0.381 e. The number of hydrogen-bond acceptors (Lipinski definition) is 3. The molecule has 5 heteroatoms. The zero-order valence-electron chi connectivity index (χ0n) is 10.7. The van der Waals surface area contributed by atoms with Gasteiger partial charge in [-0.1, -0.05) is 29.8 Å². The monoisotopic (exact) mass is 326 g/mol. The largest absolute Gasteiger partial charge is 0.381 e. The lowest BCUT2D eigenvalue weighted by Crippen LogP contribution is -2.20. The van der Waals surface area contributed by atoms with E-state index in [1.54, 1.807) is 0 Å². The molecule has 1 rings (SSSR count).